The normalized spacial score (nSPS) is 41.6. The summed E-state index contributed by atoms with van der Waals surface area (Å²) in [5.41, 5.74) is 0.677. The van der Waals surface area contributed by atoms with Crippen LogP contribution in [0.25, 0.3) is 0 Å². The minimum absolute atomic E-state index is 0.0237. The molecule has 8 nitrogen and oxygen atoms in total. The highest BCUT2D eigenvalue weighted by atomic mass is 28.4. The van der Waals surface area contributed by atoms with Gasteiger partial charge in [-0.25, -0.2) is 0 Å². The predicted molar refractivity (Wildman–Crippen MR) is 226 cm³/mol. The maximum Gasteiger partial charge on any atom is 0.217 e. The summed E-state index contributed by atoms with van der Waals surface area (Å²) in [6.07, 6.45) is 10.3. The number of hydrogen-bond acceptors (Lipinski definition) is 7. The van der Waals surface area contributed by atoms with Gasteiger partial charge >= 0.3 is 0 Å². The van der Waals surface area contributed by atoms with Gasteiger partial charge in [-0.1, -0.05) is 13.8 Å². The van der Waals surface area contributed by atoms with Crippen LogP contribution in [0, 0.1) is 40.4 Å². The van der Waals surface area contributed by atoms with Crippen molar-refractivity contribution in [1.29, 1.82) is 0 Å². The van der Waals surface area contributed by atoms with E-state index >= 15 is 0 Å². The average molecular weight is 812 g/mol. The van der Waals surface area contributed by atoms with E-state index in [1.807, 2.05) is 0 Å². The number of hydrogen-bond donors (Lipinski definition) is 1. The molecule has 1 aliphatic heterocycles. The highest BCUT2D eigenvalue weighted by Crippen LogP contribution is 2.68. The Morgan fingerprint density at radius 2 is 1.32 bits per heavy atom. The Bertz CT molecular complexity index is 1260. The number of carbonyl (C=O) groups is 1. The largest absolute Gasteiger partial charge is 0.415 e. The molecule has 5 aliphatic rings. The Kier molecular flexibility index (Phi) is 13.4. The van der Waals surface area contributed by atoms with Crippen molar-refractivity contribution in [3.8, 4) is 0 Å². The smallest absolute Gasteiger partial charge is 0.217 e. The van der Waals surface area contributed by atoms with E-state index in [0.29, 0.717) is 24.0 Å². The zero-order valence-electron chi connectivity index (χ0n) is 36.9. The fourth-order valence-electron chi connectivity index (χ4n) is 11.9. The second kappa shape index (κ2) is 16.0. The third kappa shape index (κ3) is 10.6. The number of carbonyl (C=O) groups excluding carboxylic acids is 1. The lowest BCUT2D eigenvalue weighted by atomic mass is 9.44. The Labute approximate surface area is 329 Å². The number of ether oxygens (including phenoxy) is 2. The van der Waals surface area contributed by atoms with Gasteiger partial charge in [0.25, 0.3) is 0 Å². The van der Waals surface area contributed by atoms with Crippen LogP contribution in [0.1, 0.15) is 85.5 Å². The summed E-state index contributed by atoms with van der Waals surface area (Å²) in [6.45, 7) is 36.5. The minimum atomic E-state index is -2.09. The van der Waals surface area contributed by atoms with Crippen molar-refractivity contribution in [1.82, 2.24) is 5.32 Å². The van der Waals surface area contributed by atoms with Crippen molar-refractivity contribution in [2.75, 3.05) is 6.61 Å². The summed E-state index contributed by atoms with van der Waals surface area (Å²) in [7, 11) is -7.53. The van der Waals surface area contributed by atoms with Crippen LogP contribution >= 0.6 is 0 Å². The van der Waals surface area contributed by atoms with Crippen LogP contribution in [0.5, 0.6) is 0 Å². The molecule has 0 aromatic rings. The van der Waals surface area contributed by atoms with Crippen molar-refractivity contribution in [3.63, 3.8) is 0 Å². The van der Waals surface area contributed by atoms with E-state index in [2.05, 4.69) is 105 Å². The van der Waals surface area contributed by atoms with Crippen LogP contribution in [-0.2, 0) is 32.0 Å². The zero-order chi connectivity index (χ0) is 39.5. The fourth-order valence-corrected chi connectivity index (χ4v) is 16.0. The van der Waals surface area contributed by atoms with E-state index in [9.17, 15) is 4.79 Å². The van der Waals surface area contributed by atoms with Crippen molar-refractivity contribution < 1.29 is 32.0 Å². The lowest BCUT2D eigenvalue weighted by molar-refractivity contribution is -0.282. The molecule has 0 aromatic carbocycles. The minimum Gasteiger partial charge on any atom is -0.415 e. The molecular formula is C41H81NO7Si4. The van der Waals surface area contributed by atoms with Crippen LogP contribution in [0.2, 0.25) is 78.6 Å². The molecule has 3 unspecified atom stereocenters. The lowest BCUT2D eigenvalue weighted by Gasteiger charge is -2.61. The van der Waals surface area contributed by atoms with Gasteiger partial charge < -0.3 is 32.5 Å². The predicted octanol–water partition coefficient (Wildman–Crippen LogP) is 9.79. The maximum absolute atomic E-state index is 12.9. The molecule has 308 valence electrons. The summed E-state index contributed by atoms with van der Waals surface area (Å²) in [6, 6.07) is -0.484. The Morgan fingerprint density at radius 3 is 1.91 bits per heavy atom. The molecule has 4 saturated carbocycles. The van der Waals surface area contributed by atoms with Gasteiger partial charge in [0.05, 0.1) is 18.8 Å². The quantitative estimate of drug-likeness (QED) is 0.186. The molecule has 1 saturated heterocycles. The summed E-state index contributed by atoms with van der Waals surface area (Å²) in [5.74, 6) is 3.49. The Morgan fingerprint density at radius 1 is 0.736 bits per heavy atom. The maximum atomic E-state index is 12.9. The molecule has 4 aliphatic carbocycles. The van der Waals surface area contributed by atoms with Crippen LogP contribution < -0.4 is 5.32 Å². The van der Waals surface area contributed by atoms with Crippen molar-refractivity contribution in [2.24, 2.45) is 40.4 Å². The average Bonchev–Trinajstić information content (AvgIpc) is 3.34. The van der Waals surface area contributed by atoms with E-state index in [4.69, 9.17) is 27.2 Å². The molecular weight excluding hydrogens is 731 g/mol. The molecule has 1 amide bonds. The topological polar surface area (TPSA) is 84.5 Å². The monoisotopic (exact) mass is 812 g/mol. The van der Waals surface area contributed by atoms with E-state index in [1.165, 1.54) is 57.8 Å². The van der Waals surface area contributed by atoms with E-state index in [-0.39, 0.29) is 29.6 Å². The second-order valence-electron chi connectivity index (χ2n) is 22.4. The van der Waals surface area contributed by atoms with Gasteiger partial charge in [0.1, 0.15) is 18.2 Å². The molecule has 1 heterocycles. The van der Waals surface area contributed by atoms with Crippen molar-refractivity contribution in [3.05, 3.63) is 0 Å². The van der Waals surface area contributed by atoms with Gasteiger partial charge in [-0.2, -0.15) is 0 Å². The summed E-state index contributed by atoms with van der Waals surface area (Å²) >= 11 is 0. The highest BCUT2D eigenvalue weighted by molar-refractivity contribution is 6.71. The lowest BCUT2D eigenvalue weighted by Crippen LogP contribution is -2.69. The first-order valence-electron chi connectivity index (χ1n) is 21.4. The molecule has 12 heteroatoms. The Balaban J connectivity index is 1.37. The first-order valence-corrected chi connectivity index (χ1v) is 35.1. The second-order valence-corrected chi connectivity index (χ2v) is 40.3. The molecule has 1 N–H and O–H groups in total. The molecule has 0 spiro atoms. The van der Waals surface area contributed by atoms with Gasteiger partial charge in [0, 0.05) is 13.0 Å². The third-order valence-corrected chi connectivity index (χ3v) is 17.8. The van der Waals surface area contributed by atoms with E-state index < -0.39 is 51.7 Å². The van der Waals surface area contributed by atoms with Crippen LogP contribution in [0.4, 0.5) is 0 Å². The van der Waals surface area contributed by atoms with Crippen LogP contribution in [0.15, 0.2) is 0 Å². The van der Waals surface area contributed by atoms with Crippen LogP contribution in [0.3, 0.4) is 0 Å². The molecule has 0 bridgehead atoms. The summed E-state index contributed by atoms with van der Waals surface area (Å²) in [4.78, 5) is 12.9. The zero-order valence-corrected chi connectivity index (χ0v) is 40.9. The number of amides is 1. The van der Waals surface area contributed by atoms with Crippen molar-refractivity contribution >= 4 is 39.2 Å². The Hall–Kier alpha value is 0.0975. The number of rotatable bonds is 13. The first-order chi connectivity index (χ1) is 24.2. The number of nitrogens with one attached hydrogen (secondary N) is 1. The molecule has 14 atom stereocenters. The van der Waals surface area contributed by atoms with Crippen molar-refractivity contribution in [2.45, 2.75) is 207 Å². The molecule has 0 radical (unpaired) electrons. The van der Waals surface area contributed by atoms with Crippen LogP contribution in [-0.4, -0.2) is 88.6 Å². The van der Waals surface area contributed by atoms with Gasteiger partial charge in [0.2, 0.25) is 5.91 Å². The van der Waals surface area contributed by atoms with E-state index in [0.717, 1.165) is 23.7 Å². The summed E-state index contributed by atoms with van der Waals surface area (Å²) < 4.78 is 41.3. The SMILES string of the molecule is CC(=O)N[C@@H]1[C@@H](O[C@@H](C)[C@H]2CCC3C4CC[C@@H]5C[C@H](O[Si](C)(C)C)CC[C@]5(C)C4CC[C@@]32C)O[C@@H](CO[Si](C)(C)C)[C@H](O[Si](C)(C)C)[C@H]1O[Si](C)(C)C. The first kappa shape index (κ1) is 44.2. The van der Waals surface area contributed by atoms with Gasteiger partial charge in [-0.3, -0.25) is 4.79 Å². The standard InChI is InChI=1S/C41H81NO7Si4/c1-27(32-19-20-33-31-18-17-29-25-30(47-51(8,9)10)21-23-40(29,3)34(31)22-24-41(32,33)4)45-39-36(42-28(2)43)38(49-53(14,15)16)37(48-52(11,12)13)35(46-39)26-44-50(5,6)7/h27,29-39H,17-26H2,1-16H3,(H,42,43)/t27-,29+,30+,31?,32+,33?,34?,35-,36-,37-,38-,39-,40-,41+/m0/s1. The third-order valence-electron chi connectivity index (χ3n) is 13.8. The highest BCUT2D eigenvalue weighted by Gasteiger charge is 2.62. The number of fused-ring (bicyclic) bond motifs is 5. The van der Waals surface area contributed by atoms with Gasteiger partial charge in [-0.15, -0.1) is 0 Å². The molecule has 5 rings (SSSR count). The molecule has 0 aromatic heterocycles. The van der Waals surface area contributed by atoms with Gasteiger partial charge in [-0.05, 0) is 184 Å². The summed E-state index contributed by atoms with van der Waals surface area (Å²) in [5, 5.41) is 3.26. The van der Waals surface area contributed by atoms with E-state index in [1.54, 1.807) is 6.92 Å². The fraction of sp³-hybridized carbons (Fsp3) is 0.976. The van der Waals surface area contributed by atoms with Gasteiger partial charge in [0.15, 0.2) is 39.6 Å². The molecule has 53 heavy (non-hydrogen) atoms. The molecule has 5 fully saturated rings.